The molecule has 42 heavy (non-hydrogen) atoms. The number of benzene rings is 1. The van der Waals surface area contributed by atoms with E-state index >= 15 is 0 Å². The Morgan fingerprint density at radius 3 is 2.26 bits per heavy atom. The van der Waals surface area contributed by atoms with Crippen molar-refractivity contribution in [1.82, 2.24) is 0 Å². The van der Waals surface area contributed by atoms with Gasteiger partial charge >= 0.3 is 5.97 Å². The number of rotatable bonds is 3. The highest BCUT2D eigenvalue weighted by Gasteiger charge is 2.72. The number of ether oxygens (including phenoxy) is 1. The number of carbonyl (C=O) groups is 2. The minimum atomic E-state index is -0.379. The summed E-state index contributed by atoms with van der Waals surface area (Å²) in [5.41, 5.74) is 2.98. The third-order valence-electron chi connectivity index (χ3n) is 14.5. The molecule has 0 radical (unpaired) electrons. The van der Waals surface area contributed by atoms with E-state index in [1.54, 1.807) is 7.11 Å². The molecule has 9 atom stereocenters. The molecule has 0 aromatic heterocycles. The maximum Gasteiger partial charge on any atom is 0.312 e. The maximum atomic E-state index is 14.1. The summed E-state index contributed by atoms with van der Waals surface area (Å²) >= 11 is 3.56. The number of Topliss-reactive ketones (excluding diaryl/α,β-unsaturated/α-hetero) is 1. The minimum Gasteiger partial charge on any atom is -0.469 e. The van der Waals surface area contributed by atoms with Gasteiger partial charge in [-0.3, -0.25) is 9.59 Å². The Morgan fingerprint density at radius 2 is 1.62 bits per heavy atom. The number of hydrogen-bond acceptors (Lipinski definition) is 3. The number of ketones is 1. The number of carbonyl (C=O) groups excluding carboxylic acids is 2. The van der Waals surface area contributed by atoms with E-state index in [1.807, 2.05) is 0 Å². The van der Waals surface area contributed by atoms with Crippen molar-refractivity contribution < 1.29 is 14.3 Å². The first-order valence-electron chi connectivity index (χ1n) is 16.4. The van der Waals surface area contributed by atoms with Gasteiger partial charge in [-0.25, -0.2) is 0 Å². The van der Waals surface area contributed by atoms with E-state index in [0.29, 0.717) is 35.4 Å². The van der Waals surface area contributed by atoms with Crippen LogP contribution in [0, 0.1) is 56.7 Å². The van der Waals surface area contributed by atoms with Crippen LogP contribution in [0.4, 0.5) is 0 Å². The van der Waals surface area contributed by atoms with Crippen molar-refractivity contribution in [3.05, 3.63) is 52.0 Å². The summed E-state index contributed by atoms with van der Waals surface area (Å²) in [5.74, 6) is 2.50. The highest BCUT2D eigenvalue weighted by molar-refractivity contribution is 9.10. The zero-order valence-electron chi connectivity index (χ0n) is 26.9. The van der Waals surface area contributed by atoms with E-state index in [9.17, 15) is 9.59 Å². The first-order chi connectivity index (χ1) is 19.7. The summed E-state index contributed by atoms with van der Waals surface area (Å²) in [6.07, 6.45) is 11.7. The molecule has 0 amide bonds. The second-order valence-corrected chi connectivity index (χ2v) is 17.2. The Labute approximate surface area is 262 Å². The van der Waals surface area contributed by atoms with Crippen molar-refractivity contribution in [1.29, 1.82) is 0 Å². The lowest BCUT2D eigenvalue weighted by atomic mass is 9.32. The van der Waals surface area contributed by atoms with Gasteiger partial charge in [0.2, 0.25) is 0 Å². The number of esters is 1. The van der Waals surface area contributed by atoms with Crippen molar-refractivity contribution in [2.45, 2.75) is 99.3 Å². The summed E-state index contributed by atoms with van der Waals surface area (Å²) < 4.78 is 6.60. The summed E-state index contributed by atoms with van der Waals surface area (Å²) in [6.45, 7) is 18.8. The second-order valence-electron chi connectivity index (χ2n) is 16.3. The number of halogens is 1. The summed E-state index contributed by atoms with van der Waals surface area (Å²) in [5, 5.41) is 0. The lowest BCUT2D eigenvalue weighted by Crippen LogP contribution is -2.67. The molecule has 1 aromatic carbocycles. The van der Waals surface area contributed by atoms with Crippen LogP contribution in [0.2, 0.25) is 0 Å². The molecule has 6 rings (SSSR count). The van der Waals surface area contributed by atoms with Crippen molar-refractivity contribution in [2.24, 2.45) is 56.7 Å². The van der Waals surface area contributed by atoms with Gasteiger partial charge < -0.3 is 4.74 Å². The molecule has 5 saturated carbocycles. The van der Waals surface area contributed by atoms with E-state index in [2.05, 4.69) is 94.4 Å². The second kappa shape index (κ2) is 9.91. The fourth-order valence-electron chi connectivity index (χ4n) is 12.4. The molecule has 0 bridgehead atoms. The Balaban J connectivity index is 1.41. The highest BCUT2D eigenvalue weighted by Crippen LogP contribution is 2.77. The predicted octanol–water partition coefficient (Wildman–Crippen LogP) is 9.84. The van der Waals surface area contributed by atoms with E-state index in [-0.39, 0.29) is 33.0 Å². The largest absolute Gasteiger partial charge is 0.469 e. The quantitative estimate of drug-likeness (QED) is 0.189. The van der Waals surface area contributed by atoms with Crippen LogP contribution in [0.25, 0.3) is 6.08 Å². The summed E-state index contributed by atoms with van der Waals surface area (Å²) in [7, 11) is 1.59. The normalized spacial score (nSPS) is 44.9. The van der Waals surface area contributed by atoms with E-state index in [1.165, 1.54) is 18.4 Å². The van der Waals surface area contributed by atoms with Crippen LogP contribution in [0.15, 0.2) is 46.5 Å². The monoisotopic (exact) mass is 634 g/mol. The molecular weight excluding hydrogens is 584 g/mol. The number of methoxy groups -OCH3 is 1. The van der Waals surface area contributed by atoms with Gasteiger partial charge in [-0.15, -0.1) is 0 Å². The van der Waals surface area contributed by atoms with Crippen molar-refractivity contribution in [3.63, 3.8) is 0 Å². The van der Waals surface area contributed by atoms with Gasteiger partial charge in [-0.1, -0.05) is 74.8 Å². The lowest BCUT2D eigenvalue weighted by Gasteiger charge is -2.72. The van der Waals surface area contributed by atoms with Gasteiger partial charge in [0.25, 0.3) is 0 Å². The Morgan fingerprint density at radius 1 is 0.929 bits per heavy atom. The molecule has 228 valence electrons. The molecule has 4 heteroatoms. The number of allylic oxidation sites excluding steroid dienone is 2. The Bertz CT molecular complexity index is 1340. The SMILES string of the molecule is C=C(C)[C@@H]1CC[C@@]2(C(=O)OC)CC[C@]3(C)[C@@H](CC[C@H]4[C@@]5(C)C/C(=C\c6ccc(Br)cc6)C(=O)C(C)(C)[C@@H]5CC[C@@]43C)[C@H]12. The molecule has 5 fully saturated rings. The fraction of sp³-hybridized carbons (Fsp3) is 0.684. The van der Waals surface area contributed by atoms with Crippen LogP contribution in [0.3, 0.4) is 0 Å². The van der Waals surface area contributed by atoms with Gasteiger partial charge in [-0.2, -0.15) is 0 Å². The minimum absolute atomic E-state index is 0.0245. The average Bonchev–Trinajstić information content (AvgIpc) is 3.34. The Hall–Kier alpha value is -1.68. The highest BCUT2D eigenvalue weighted by atomic mass is 79.9. The fourth-order valence-corrected chi connectivity index (χ4v) is 12.7. The lowest BCUT2D eigenvalue weighted by molar-refractivity contribution is -0.232. The van der Waals surface area contributed by atoms with Crippen LogP contribution in [-0.4, -0.2) is 18.9 Å². The summed E-state index contributed by atoms with van der Waals surface area (Å²) in [6, 6.07) is 8.35. The molecule has 0 aliphatic heterocycles. The van der Waals surface area contributed by atoms with Crippen LogP contribution in [0.1, 0.15) is 105 Å². The smallest absolute Gasteiger partial charge is 0.312 e. The maximum absolute atomic E-state index is 14.1. The number of hydrogen-bond donors (Lipinski definition) is 0. The third kappa shape index (κ3) is 3.94. The van der Waals surface area contributed by atoms with Crippen molar-refractivity contribution in [2.75, 3.05) is 7.11 Å². The van der Waals surface area contributed by atoms with Gasteiger partial charge in [0, 0.05) is 9.89 Å². The standard InChI is InChI=1S/C38H51BrO3/c1-23(2)27-15-18-38(33(41)42-8)20-19-36(6)28(31(27)38)13-14-30-35(5)22-25(21-24-9-11-26(39)12-10-24)32(40)34(3,4)29(35)16-17-37(30,36)7/h9-12,21,27-31H,1,13-20,22H2,2-8H3/b25-21+/t27-,28-,29-,30-,31-,35-,36+,37-,38+/m0/s1. The van der Waals surface area contributed by atoms with E-state index in [0.717, 1.165) is 60.6 Å². The van der Waals surface area contributed by atoms with Gasteiger partial charge in [-0.05, 0) is 140 Å². The zero-order chi connectivity index (χ0) is 30.5. The molecule has 0 unspecified atom stereocenters. The van der Waals surface area contributed by atoms with Gasteiger partial charge in [0.15, 0.2) is 5.78 Å². The van der Waals surface area contributed by atoms with Gasteiger partial charge in [0.05, 0.1) is 12.5 Å². The molecule has 5 aliphatic carbocycles. The first kappa shape index (κ1) is 30.4. The third-order valence-corrected chi connectivity index (χ3v) is 15.0. The first-order valence-corrected chi connectivity index (χ1v) is 17.2. The van der Waals surface area contributed by atoms with Crippen LogP contribution in [-0.2, 0) is 14.3 Å². The Kier molecular flexibility index (Phi) is 7.16. The van der Waals surface area contributed by atoms with E-state index < -0.39 is 0 Å². The molecule has 0 spiro atoms. The molecule has 3 nitrogen and oxygen atoms in total. The molecular formula is C38H51BrO3. The predicted molar refractivity (Wildman–Crippen MR) is 173 cm³/mol. The molecule has 0 heterocycles. The van der Waals surface area contributed by atoms with Gasteiger partial charge in [0.1, 0.15) is 0 Å². The summed E-state index contributed by atoms with van der Waals surface area (Å²) in [4.78, 5) is 27.6. The molecule has 0 saturated heterocycles. The average molecular weight is 636 g/mol. The topological polar surface area (TPSA) is 43.4 Å². The molecule has 5 aliphatic rings. The van der Waals surface area contributed by atoms with Crippen molar-refractivity contribution in [3.8, 4) is 0 Å². The molecule has 0 N–H and O–H groups in total. The number of fused-ring (bicyclic) bond motifs is 7. The van der Waals surface area contributed by atoms with Crippen molar-refractivity contribution >= 4 is 33.8 Å². The molecule has 1 aromatic rings. The van der Waals surface area contributed by atoms with Crippen LogP contribution in [0.5, 0.6) is 0 Å². The van der Waals surface area contributed by atoms with Crippen LogP contribution >= 0.6 is 15.9 Å². The van der Waals surface area contributed by atoms with E-state index in [4.69, 9.17) is 4.74 Å². The van der Waals surface area contributed by atoms with Crippen LogP contribution < -0.4 is 0 Å². The zero-order valence-corrected chi connectivity index (χ0v) is 28.5.